The number of aromatic nitrogens is 1. The summed E-state index contributed by atoms with van der Waals surface area (Å²) < 4.78 is 5.18. The van der Waals surface area contributed by atoms with Crippen LogP contribution in [0.5, 0.6) is 0 Å². The smallest absolute Gasteiger partial charge is 0.0953 e. The highest BCUT2D eigenvalue weighted by molar-refractivity contribution is 7.11. The number of thiazole rings is 1. The Labute approximate surface area is 99.7 Å². The molecule has 2 atom stereocenters. The Kier molecular flexibility index (Phi) is 3.91. The minimum atomic E-state index is -0.377. The van der Waals surface area contributed by atoms with Crippen molar-refractivity contribution >= 4 is 11.3 Å². The number of ether oxygens (including phenoxy) is 1. The average Bonchev–Trinajstić information content (AvgIpc) is 2.83. The molecule has 2 rings (SSSR count). The van der Waals surface area contributed by atoms with E-state index in [9.17, 15) is 5.11 Å². The lowest BCUT2D eigenvalue weighted by Crippen LogP contribution is -2.38. The number of aliphatic hydroxyl groups is 1. The van der Waals surface area contributed by atoms with Crippen molar-refractivity contribution in [2.75, 3.05) is 13.2 Å². The van der Waals surface area contributed by atoms with Crippen LogP contribution in [-0.2, 0) is 11.3 Å². The predicted molar refractivity (Wildman–Crippen MR) is 63.7 cm³/mol. The van der Waals surface area contributed by atoms with Gasteiger partial charge in [0, 0.05) is 23.5 Å². The standard InChI is InChI=1S/C11H18N2O2S/c1-7(2)11-13-4-8(16-11)3-12-9-5-15-6-10(9)14/h4,7,9-10,12,14H,3,5-6H2,1-2H3. The molecule has 2 N–H and O–H groups in total. The van der Waals surface area contributed by atoms with E-state index in [1.807, 2.05) is 6.20 Å². The molecule has 1 aliphatic heterocycles. The van der Waals surface area contributed by atoms with Gasteiger partial charge in [-0.2, -0.15) is 0 Å². The zero-order valence-corrected chi connectivity index (χ0v) is 10.5. The van der Waals surface area contributed by atoms with E-state index in [0.717, 1.165) is 6.54 Å². The zero-order chi connectivity index (χ0) is 11.5. The summed E-state index contributed by atoms with van der Waals surface area (Å²) in [7, 11) is 0. The molecular weight excluding hydrogens is 224 g/mol. The van der Waals surface area contributed by atoms with Gasteiger partial charge in [-0.3, -0.25) is 0 Å². The molecule has 4 nitrogen and oxygen atoms in total. The average molecular weight is 242 g/mol. The SMILES string of the molecule is CC(C)c1ncc(CNC2COCC2O)s1. The molecule has 0 saturated carbocycles. The second-order valence-electron chi connectivity index (χ2n) is 4.41. The van der Waals surface area contributed by atoms with Gasteiger partial charge in [0.2, 0.25) is 0 Å². The van der Waals surface area contributed by atoms with Crippen molar-refractivity contribution in [3.63, 3.8) is 0 Å². The predicted octanol–water partition coefficient (Wildman–Crippen LogP) is 1.12. The van der Waals surface area contributed by atoms with Gasteiger partial charge in [0.05, 0.1) is 30.4 Å². The van der Waals surface area contributed by atoms with Crippen LogP contribution in [0, 0.1) is 0 Å². The van der Waals surface area contributed by atoms with Crippen LogP contribution in [0.3, 0.4) is 0 Å². The first kappa shape index (κ1) is 12.0. The Morgan fingerprint density at radius 3 is 3.00 bits per heavy atom. The van der Waals surface area contributed by atoms with Gasteiger partial charge in [0.1, 0.15) is 0 Å². The Morgan fingerprint density at radius 2 is 2.44 bits per heavy atom. The fourth-order valence-corrected chi connectivity index (χ4v) is 2.51. The summed E-state index contributed by atoms with van der Waals surface area (Å²) in [5, 5.41) is 14.0. The van der Waals surface area contributed by atoms with Gasteiger partial charge in [-0.1, -0.05) is 13.8 Å². The van der Waals surface area contributed by atoms with Gasteiger partial charge in [-0.25, -0.2) is 4.98 Å². The van der Waals surface area contributed by atoms with Crippen molar-refractivity contribution in [1.29, 1.82) is 0 Å². The summed E-state index contributed by atoms with van der Waals surface area (Å²) in [6.45, 7) is 6.08. The first-order valence-electron chi connectivity index (χ1n) is 5.60. The zero-order valence-electron chi connectivity index (χ0n) is 9.64. The Morgan fingerprint density at radius 1 is 1.62 bits per heavy atom. The molecular formula is C11H18N2O2S. The van der Waals surface area contributed by atoms with Crippen LogP contribution in [0.4, 0.5) is 0 Å². The van der Waals surface area contributed by atoms with E-state index in [1.165, 1.54) is 9.88 Å². The van der Waals surface area contributed by atoms with Gasteiger partial charge in [-0.15, -0.1) is 11.3 Å². The van der Waals surface area contributed by atoms with Crippen LogP contribution in [0.15, 0.2) is 6.20 Å². The third-order valence-electron chi connectivity index (χ3n) is 2.65. The molecule has 1 fully saturated rings. The number of rotatable bonds is 4. The molecule has 1 aromatic rings. The maximum Gasteiger partial charge on any atom is 0.0953 e. The van der Waals surface area contributed by atoms with Crippen LogP contribution in [0.2, 0.25) is 0 Å². The van der Waals surface area contributed by atoms with Gasteiger partial charge < -0.3 is 15.2 Å². The molecule has 0 spiro atoms. The molecule has 16 heavy (non-hydrogen) atoms. The van der Waals surface area contributed by atoms with Gasteiger partial charge in [0.15, 0.2) is 0 Å². The summed E-state index contributed by atoms with van der Waals surface area (Å²) in [5.74, 6) is 0.485. The van der Waals surface area contributed by atoms with Crippen molar-refractivity contribution in [3.8, 4) is 0 Å². The summed E-state index contributed by atoms with van der Waals surface area (Å²) in [6, 6.07) is 0.0598. The van der Waals surface area contributed by atoms with E-state index < -0.39 is 0 Å². The summed E-state index contributed by atoms with van der Waals surface area (Å²) in [4.78, 5) is 5.58. The minimum absolute atomic E-state index is 0.0598. The molecule has 0 aromatic carbocycles. The van der Waals surface area contributed by atoms with Crippen LogP contribution in [0.25, 0.3) is 0 Å². The molecule has 2 unspecified atom stereocenters. The molecule has 0 aliphatic carbocycles. The van der Waals surface area contributed by atoms with E-state index in [1.54, 1.807) is 11.3 Å². The molecule has 1 saturated heterocycles. The number of hydrogen-bond donors (Lipinski definition) is 2. The Hall–Kier alpha value is -0.490. The third kappa shape index (κ3) is 2.79. The van der Waals surface area contributed by atoms with Crippen molar-refractivity contribution < 1.29 is 9.84 Å². The number of nitrogens with zero attached hydrogens (tertiary/aromatic N) is 1. The Bertz CT molecular complexity index is 340. The fourth-order valence-electron chi connectivity index (χ4n) is 1.64. The van der Waals surface area contributed by atoms with E-state index >= 15 is 0 Å². The number of hydrogen-bond acceptors (Lipinski definition) is 5. The van der Waals surface area contributed by atoms with Crippen molar-refractivity contribution in [2.45, 2.75) is 38.5 Å². The van der Waals surface area contributed by atoms with Gasteiger partial charge in [0.25, 0.3) is 0 Å². The number of nitrogens with one attached hydrogen (secondary N) is 1. The lowest BCUT2D eigenvalue weighted by molar-refractivity contribution is 0.122. The van der Waals surface area contributed by atoms with E-state index in [0.29, 0.717) is 19.1 Å². The first-order valence-corrected chi connectivity index (χ1v) is 6.42. The molecule has 0 radical (unpaired) electrons. The highest BCUT2D eigenvalue weighted by Crippen LogP contribution is 2.21. The maximum absolute atomic E-state index is 9.56. The second kappa shape index (κ2) is 5.23. The fraction of sp³-hybridized carbons (Fsp3) is 0.727. The third-order valence-corrected chi connectivity index (χ3v) is 3.95. The summed E-state index contributed by atoms with van der Waals surface area (Å²) in [5.41, 5.74) is 0. The summed E-state index contributed by atoms with van der Waals surface area (Å²) >= 11 is 1.73. The molecule has 2 heterocycles. The van der Waals surface area contributed by atoms with E-state index in [4.69, 9.17) is 4.74 Å². The van der Waals surface area contributed by atoms with Gasteiger partial charge >= 0.3 is 0 Å². The Balaban J connectivity index is 1.84. The lowest BCUT2D eigenvalue weighted by atomic mass is 10.2. The molecule has 0 bridgehead atoms. The first-order chi connectivity index (χ1) is 7.66. The molecule has 1 aromatic heterocycles. The molecule has 0 amide bonds. The van der Waals surface area contributed by atoms with E-state index in [2.05, 4.69) is 24.1 Å². The highest BCUT2D eigenvalue weighted by Gasteiger charge is 2.25. The van der Waals surface area contributed by atoms with Crippen LogP contribution < -0.4 is 5.32 Å². The monoisotopic (exact) mass is 242 g/mol. The van der Waals surface area contributed by atoms with E-state index in [-0.39, 0.29) is 12.1 Å². The topological polar surface area (TPSA) is 54.4 Å². The molecule has 90 valence electrons. The number of aliphatic hydroxyl groups excluding tert-OH is 1. The van der Waals surface area contributed by atoms with Gasteiger partial charge in [-0.05, 0) is 0 Å². The highest BCUT2D eigenvalue weighted by atomic mass is 32.1. The van der Waals surface area contributed by atoms with Crippen molar-refractivity contribution in [1.82, 2.24) is 10.3 Å². The van der Waals surface area contributed by atoms with Crippen LogP contribution in [-0.4, -0.2) is 35.5 Å². The van der Waals surface area contributed by atoms with Crippen LogP contribution in [0.1, 0.15) is 29.7 Å². The quantitative estimate of drug-likeness (QED) is 0.830. The van der Waals surface area contributed by atoms with Crippen molar-refractivity contribution in [3.05, 3.63) is 16.1 Å². The summed E-state index contributed by atoms with van der Waals surface area (Å²) in [6.07, 6.45) is 1.53. The minimum Gasteiger partial charge on any atom is -0.389 e. The lowest BCUT2D eigenvalue weighted by Gasteiger charge is -2.13. The molecule has 5 heteroatoms. The van der Waals surface area contributed by atoms with Crippen LogP contribution >= 0.6 is 11.3 Å². The molecule has 1 aliphatic rings. The second-order valence-corrected chi connectivity index (χ2v) is 5.56. The normalized spacial score (nSPS) is 25.5. The maximum atomic E-state index is 9.56. The largest absolute Gasteiger partial charge is 0.389 e. The van der Waals surface area contributed by atoms with Crippen molar-refractivity contribution in [2.24, 2.45) is 0 Å².